The molecule has 3 N–H and O–H groups in total. The highest BCUT2D eigenvalue weighted by atomic mass is 19.4. The lowest BCUT2D eigenvalue weighted by atomic mass is 9.88. The van der Waals surface area contributed by atoms with Gasteiger partial charge in [0, 0.05) is 42.0 Å². The van der Waals surface area contributed by atoms with Crippen molar-refractivity contribution in [1.29, 1.82) is 0 Å². The van der Waals surface area contributed by atoms with E-state index >= 15 is 4.39 Å². The number of halogens is 4. The van der Waals surface area contributed by atoms with E-state index in [2.05, 4.69) is 15.3 Å². The van der Waals surface area contributed by atoms with Crippen LogP contribution in [0.15, 0.2) is 36.7 Å². The van der Waals surface area contributed by atoms with Gasteiger partial charge in [0.25, 0.3) is 0 Å². The molecule has 0 radical (unpaired) electrons. The molecule has 4 rings (SSSR count). The van der Waals surface area contributed by atoms with Gasteiger partial charge in [0.05, 0.1) is 6.61 Å². The zero-order valence-electron chi connectivity index (χ0n) is 22.3. The zero-order valence-corrected chi connectivity index (χ0v) is 22.3. The van der Waals surface area contributed by atoms with E-state index in [1.165, 1.54) is 18.3 Å². The Morgan fingerprint density at radius 3 is 2.44 bits per heavy atom. The number of aliphatic hydroxyl groups is 1. The number of fused-ring (bicyclic) bond motifs is 1. The van der Waals surface area contributed by atoms with Crippen LogP contribution in [0.3, 0.4) is 0 Å². The fourth-order valence-electron chi connectivity index (χ4n) is 4.31. The highest BCUT2D eigenvalue weighted by Gasteiger charge is 2.35. The number of ether oxygens (including phenoxy) is 2. The standard InChI is InChI=1S/C27H28F4N4O6/c1-26(2,3)41-25(39)35(24(37)38)23-10-18-19(11-34-23)14(13-36)6-21(28)20(18)12-33-15-7-17(8-15)40-16-4-5-32-22(9-16)27(29,30)31/h4-6,9-11,15,17,33,36H,7-8,12-13H2,1-3H3,(H,37,38)/t15-,17-. The third-order valence-corrected chi connectivity index (χ3v) is 6.30. The van der Waals surface area contributed by atoms with Gasteiger partial charge in [-0.05, 0) is 62.8 Å². The normalized spacial score (nSPS) is 17.2. The van der Waals surface area contributed by atoms with E-state index in [4.69, 9.17) is 9.47 Å². The van der Waals surface area contributed by atoms with E-state index in [-0.39, 0.29) is 46.8 Å². The molecule has 41 heavy (non-hydrogen) atoms. The molecule has 0 unspecified atom stereocenters. The number of nitrogens with one attached hydrogen (secondary N) is 1. The van der Waals surface area contributed by atoms with Crippen molar-refractivity contribution in [2.45, 2.75) is 70.7 Å². The van der Waals surface area contributed by atoms with E-state index in [9.17, 15) is 33.0 Å². The van der Waals surface area contributed by atoms with Crippen LogP contribution < -0.4 is 15.0 Å². The Balaban J connectivity index is 1.51. The summed E-state index contributed by atoms with van der Waals surface area (Å²) >= 11 is 0. The van der Waals surface area contributed by atoms with Gasteiger partial charge in [-0.3, -0.25) is 4.98 Å². The fraction of sp³-hybridized carbons (Fsp3) is 0.407. The summed E-state index contributed by atoms with van der Waals surface area (Å²) in [4.78, 5) is 32.2. The van der Waals surface area contributed by atoms with Crippen LogP contribution in [0.4, 0.5) is 33.0 Å². The summed E-state index contributed by atoms with van der Waals surface area (Å²) in [5.41, 5.74) is -1.69. The first-order chi connectivity index (χ1) is 19.2. The molecule has 1 fully saturated rings. The predicted octanol–water partition coefficient (Wildman–Crippen LogP) is 5.40. The average molecular weight is 581 g/mol. The van der Waals surface area contributed by atoms with E-state index in [1.54, 1.807) is 20.8 Å². The molecule has 2 heterocycles. The number of amides is 2. The van der Waals surface area contributed by atoms with Crippen LogP contribution in [0.5, 0.6) is 5.75 Å². The van der Waals surface area contributed by atoms with Crippen LogP contribution in [0, 0.1) is 5.82 Å². The minimum atomic E-state index is -4.59. The maximum absolute atomic E-state index is 15.2. The number of hydrogen-bond donors (Lipinski definition) is 3. The van der Waals surface area contributed by atoms with Crippen LogP contribution in [0.2, 0.25) is 0 Å². The number of carbonyl (C=O) groups is 2. The predicted molar refractivity (Wildman–Crippen MR) is 138 cm³/mol. The van der Waals surface area contributed by atoms with Gasteiger partial charge in [0.15, 0.2) is 0 Å². The van der Waals surface area contributed by atoms with Gasteiger partial charge in [-0.2, -0.15) is 18.1 Å². The van der Waals surface area contributed by atoms with E-state index in [0.29, 0.717) is 23.1 Å². The first kappa shape index (κ1) is 29.9. The van der Waals surface area contributed by atoms with E-state index < -0.39 is 42.1 Å². The molecule has 220 valence electrons. The average Bonchev–Trinajstić information content (AvgIpc) is 2.84. The molecule has 0 spiro atoms. The molecule has 0 atom stereocenters. The Bertz CT molecular complexity index is 1450. The summed E-state index contributed by atoms with van der Waals surface area (Å²) in [5, 5.41) is 23.2. The Hall–Kier alpha value is -4.04. The van der Waals surface area contributed by atoms with Crippen molar-refractivity contribution in [2.24, 2.45) is 0 Å². The molecule has 1 saturated carbocycles. The SMILES string of the molecule is CC(C)(C)OC(=O)N(C(=O)O)c1cc2c(CN[C@H]3C[C@H](Oc4ccnc(C(F)(F)F)c4)C3)c(F)cc(CO)c2cn1. The third kappa shape index (κ3) is 7.00. The quantitative estimate of drug-likeness (QED) is 0.314. The highest BCUT2D eigenvalue weighted by molar-refractivity contribution is 6.09. The monoisotopic (exact) mass is 580 g/mol. The number of hydrogen-bond acceptors (Lipinski definition) is 8. The number of nitrogens with zero attached hydrogens (tertiary/aromatic N) is 3. The maximum atomic E-state index is 15.2. The summed E-state index contributed by atoms with van der Waals surface area (Å²) in [5.74, 6) is -0.947. The second-order valence-electron chi connectivity index (χ2n) is 10.5. The first-order valence-electron chi connectivity index (χ1n) is 12.6. The molecule has 2 amide bonds. The largest absolute Gasteiger partial charge is 0.490 e. The molecule has 0 bridgehead atoms. The van der Waals surface area contributed by atoms with Gasteiger partial charge in [-0.25, -0.2) is 19.0 Å². The first-order valence-corrected chi connectivity index (χ1v) is 12.6. The van der Waals surface area contributed by atoms with Crippen molar-refractivity contribution in [3.63, 3.8) is 0 Å². The molecule has 1 aliphatic carbocycles. The molecule has 3 aromatic rings. The second-order valence-corrected chi connectivity index (χ2v) is 10.5. The summed E-state index contributed by atoms with van der Waals surface area (Å²) < 4.78 is 64.7. The summed E-state index contributed by atoms with van der Waals surface area (Å²) in [6.45, 7) is 4.18. The topological polar surface area (TPSA) is 134 Å². The molecule has 0 aliphatic heterocycles. The lowest BCUT2D eigenvalue weighted by Crippen LogP contribution is -2.46. The lowest BCUT2D eigenvalue weighted by Gasteiger charge is -2.36. The van der Waals surface area contributed by atoms with Crippen LogP contribution in [0.1, 0.15) is 50.4 Å². The molecule has 14 heteroatoms. The van der Waals surface area contributed by atoms with Gasteiger partial charge < -0.3 is 25.0 Å². The Morgan fingerprint density at radius 1 is 1.12 bits per heavy atom. The number of carbonyl (C=O) groups excluding carboxylic acids is 1. The summed E-state index contributed by atoms with van der Waals surface area (Å²) in [6.07, 6.45) is -4.64. The fourth-order valence-corrected chi connectivity index (χ4v) is 4.31. The Kier molecular flexibility index (Phi) is 8.36. The Labute approximate surface area is 231 Å². The van der Waals surface area contributed by atoms with Gasteiger partial charge in [-0.15, -0.1) is 0 Å². The molecular weight excluding hydrogens is 552 g/mol. The summed E-state index contributed by atoms with van der Waals surface area (Å²) in [7, 11) is 0. The molecule has 2 aromatic heterocycles. The number of rotatable bonds is 7. The number of anilines is 1. The van der Waals surface area contributed by atoms with Crippen LogP contribution in [0.25, 0.3) is 10.8 Å². The minimum absolute atomic E-state index is 0.0120. The van der Waals surface area contributed by atoms with Crippen LogP contribution in [-0.2, 0) is 24.1 Å². The highest BCUT2D eigenvalue weighted by Crippen LogP contribution is 2.33. The van der Waals surface area contributed by atoms with Crippen molar-refractivity contribution in [3.05, 3.63) is 59.3 Å². The number of carboxylic acid groups (broad SMARTS) is 1. The molecule has 1 aromatic carbocycles. The Morgan fingerprint density at radius 2 is 1.83 bits per heavy atom. The number of alkyl halides is 3. The maximum Gasteiger partial charge on any atom is 0.433 e. The van der Waals surface area contributed by atoms with Gasteiger partial charge >= 0.3 is 18.4 Å². The summed E-state index contributed by atoms with van der Waals surface area (Å²) in [6, 6.07) is 4.41. The molecule has 1 aliphatic rings. The number of benzene rings is 1. The minimum Gasteiger partial charge on any atom is -0.490 e. The molecular formula is C27H28F4N4O6. The van der Waals surface area contributed by atoms with Crippen LogP contribution >= 0.6 is 0 Å². The van der Waals surface area contributed by atoms with Crippen molar-refractivity contribution in [2.75, 3.05) is 4.90 Å². The van der Waals surface area contributed by atoms with E-state index in [0.717, 1.165) is 18.3 Å². The van der Waals surface area contributed by atoms with Gasteiger partial charge in [0.2, 0.25) is 0 Å². The van der Waals surface area contributed by atoms with Gasteiger partial charge in [0.1, 0.15) is 34.8 Å². The number of aromatic nitrogens is 2. The van der Waals surface area contributed by atoms with Gasteiger partial charge in [-0.1, -0.05) is 0 Å². The number of aliphatic hydroxyl groups excluding tert-OH is 1. The zero-order chi connectivity index (χ0) is 30.1. The number of imide groups is 1. The van der Waals surface area contributed by atoms with Crippen molar-refractivity contribution >= 4 is 28.8 Å². The van der Waals surface area contributed by atoms with Crippen molar-refractivity contribution in [1.82, 2.24) is 15.3 Å². The van der Waals surface area contributed by atoms with E-state index in [1.807, 2.05) is 0 Å². The third-order valence-electron chi connectivity index (χ3n) is 6.30. The van der Waals surface area contributed by atoms with Crippen molar-refractivity contribution in [3.8, 4) is 5.75 Å². The van der Waals surface area contributed by atoms with Crippen molar-refractivity contribution < 1.29 is 46.8 Å². The van der Waals surface area contributed by atoms with Crippen LogP contribution in [-0.4, -0.2) is 50.1 Å². The molecule has 0 saturated heterocycles. The second kappa shape index (κ2) is 11.4. The smallest absolute Gasteiger partial charge is 0.433 e. The number of pyridine rings is 2. The molecule has 10 nitrogen and oxygen atoms in total. The lowest BCUT2D eigenvalue weighted by molar-refractivity contribution is -0.141.